The highest BCUT2D eigenvalue weighted by Gasteiger charge is 2.59. The minimum atomic E-state index is -0.536. The van der Waals surface area contributed by atoms with Crippen molar-refractivity contribution in [2.45, 2.75) is 37.7 Å². The van der Waals surface area contributed by atoms with Gasteiger partial charge < -0.3 is 14.2 Å². The maximum absolute atomic E-state index is 12.0. The zero-order valence-electron chi connectivity index (χ0n) is 13.4. The molecule has 4 bridgehead atoms. The molecule has 3 unspecified atom stereocenters. The van der Waals surface area contributed by atoms with Gasteiger partial charge in [-0.15, -0.1) is 0 Å². The van der Waals surface area contributed by atoms with E-state index in [1.54, 1.807) is 0 Å². The molecule has 128 valence electrons. The number of carbonyl (C=O) groups is 2. The molecule has 0 aromatic carbocycles. The van der Waals surface area contributed by atoms with E-state index in [0.29, 0.717) is 24.4 Å². The van der Waals surface area contributed by atoms with Crippen LogP contribution in [0.3, 0.4) is 0 Å². The molecule has 3 atom stereocenters. The van der Waals surface area contributed by atoms with Crippen LogP contribution in [0.1, 0.15) is 32.1 Å². The van der Waals surface area contributed by atoms with Gasteiger partial charge in [0.1, 0.15) is 17.2 Å². The molecule has 0 aromatic rings. The predicted molar refractivity (Wildman–Crippen MR) is 83.7 cm³/mol. The van der Waals surface area contributed by atoms with Crippen LogP contribution in [0.4, 0.5) is 0 Å². The van der Waals surface area contributed by atoms with Crippen LogP contribution in [-0.2, 0) is 23.8 Å². The maximum Gasteiger partial charge on any atom is 0.349 e. The highest BCUT2D eigenvalue weighted by molar-refractivity contribution is 6.40. The standard InChI is InChI=1S/C17H23ClO5/c1-10(18)16(20)23-17-6-11-3-12(7-17)5-13(4-11)14(17)8-22-9-15(19)21-2/h11-14H,1,3-9H2,2H3. The van der Waals surface area contributed by atoms with E-state index in [4.69, 9.17) is 21.1 Å². The van der Waals surface area contributed by atoms with Crippen LogP contribution in [0.2, 0.25) is 0 Å². The van der Waals surface area contributed by atoms with E-state index < -0.39 is 17.5 Å². The third-order valence-corrected chi connectivity index (χ3v) is 5.87. The lowest BCUT2D eigenvalue weighted by atomic mass is 9.50. The molecule has 4 saturated carbocycles. The van der Waals surface area contributed by atoms with Crippen molar-refractivity contribution in [3.8, 4) is 0 Å². The highest BCUT2D eigenvalue weighted by Crippen LogP contribution is 2.60. The number of carbonyl (C=O) groups excluding carboxylic acids is 2. The Balaban J connectivity index is 1.73. The second-order valence-corrected chi connectivity index (χ2v) is 7.62. The molecule has 0 aliphatic heterocycles. The number of hydrogen-bond donors (Lipinski definition) is 0. The van der Waals surface area contributed by atoms with E-state index in [1.165, 1.54) is 13.5 Å². The van der Waals surface area contributed by atoms with Gasteiger partial charge in [-0.2, -0.15) is 0 Å². The molecule has 0 aromatic heterocycles. The lowest BCUT2D eigenvalue weighted by Gasteiger charge is -2.60. The fraction of sp³-hybridized carbons (Fsp3) is 0.765. The van der Waals surface area contributed by atoms with Crippen LogP contribution >= 0.6 is 11.6 Å². The molecule has 5 nitrogen and oxygen atoms in total. The molecule has 0 radical (unpaired) electrons. The molecule has 4 fully saturated rings. The Bertz CT molecular complexity index is 503. The van der Waals surface area contributed by atoms with Crippen LogP contribution in [0.5, 0.6) is 0 Å². The summed E-state index contributed by atoms with van der Waals surface area (Å²) in [4.78, 5) is 23.3. The first-order valence-corrected chi connectivity index (χ1v) is 8.53. The minimum absolute atomic E-state index is 0.0706. The summed E-state index contributed by atoms with van der Waals surface area (Å²) >= 11 is 5.72. The molecule has 4 rings (SSSR count). The predicted octanol–water partition coefficient (Wildman–Crippen LogP) is 2.67. The molecule has 0 spiro atoms. The zero-order valence-corrected chi connectivity index (χ0v) is 14.1. The number of esters is 2. The summed E-state index contributed by atoms with van der Waals surface area (Å²) < 4.78 is 16.0. The minimum Gasteiger partial charge on any atom is -0.467 e. The van der Waals surface area contributed by atoms with Gasteiger partial charge in [-0.25, -0.2) is 9.59 Å². The average molecular weight is 343 g/mol. The van der Waals surface area contributed by atoms with Gasteiger partial charge in [0.15, 0.2) is 0 Å². The molecule has 0 saturated heterocycles. The second kappa shape index (κ2) is 6.44. The van der Waals surface area contributed by atoms with Crippen LogP contribution in [-0.4, -0.2) is 37.9 Å². The molecular weight excluding hydrogens is 320 g/mol. The van der Waals surface area contributed by atoms with E-state index in [-0.39, 0.29) is 17.6 Å². The smallest absolute Gasteiger partial charge is 0.349 e. The van der Waals surface area contributed by atoms with Gasteiger partial charge in [-0.1, -0.05) is 18.2 Å². The molecule has 4 aliphatic rings. The monoisotopic (exact) mass is 342 g/mol. The van der Waals surface area contributed by atoms with Gasteiger partial charge in [0.25, 0.3) is 0 Å². The fourth-order valence-electron chi connectivity index (χ4n) is 5.09. The summed E-state index contributed by atoms with van der Waals surface area (Å²) in [5.41, 5.74) is -0.514. The number of halogens is 1. The van der Waals surface area contributed by atoms with Crippen LogP contribution in [0.15, 0.2) is 11.6 Å². The van der Waals surface area contributed by atoms with Gasteiger partial charge in [0, 0.05) is 5.92 Å². The first-order chi connectivity index (χ1) is 10.9. The van der Waals surface area contributed by atoms with E-state index in [1.807, 2.05) is 0 Å². The lowest BCUT2D eigenvalue weighted by Crippen LogP contribution is -2.60. The third kappa shape index (κ3) is 3.26. The Morgan fingerprint density at radius 2 is 1.87 bits per heavy atom. The molecule has 6 heteroatoms. The Hall–Kier alpha value is -1.07. The van der Waals surface area contributed by atoms with Crippen molar-refractivity contribution < 1.29 is 23.8 Å². The summed E-state index contributed by atoms with van der Waals surface area (Å²) in [6.07, 6.45) is 5.27. The van der Waals surface area contributed by atoms with Crippen molar-refractivity contribution in [1.29, 1.82) is 0 Å². The van der Waals surface area contributed by atoms with Crippen molar-refractivity contribution in [1.82, 2.24) is 0 Å². The van der Waals surface area contributed by atoms with Crippen molar-refractivity contribution in [2.24, 2.45) is 23.7 Å². The van der Waals surface area contributed by atoms with Crippen LogP contribution in [0.25, 0.3) is 0 Å². The van der Waals surface area contributed by atoms with Gasteiger partial charge in [-0.05, 0) is 49.9 Å². The topological polar surface area (TPSA) is 61.8 Å². The average Bonchev–Trinajstić information content (AvgIpc) is 2.48. The third-order valence-electron chi connectivity index (χ3n) is 5.71. The number of methoxy groups -OCH3 is 1. The summed E-state index contributed by atoms with van der Waals surface area (Å²) in [7, 11) is 1.34. The highest BCUT2D eigenvalue weighted by atomic mass is 35.5. The number of ether oxygens (including phenoxy) is 3. The molecule has 0 N–H and O–H groups in total. The lowest BCUT2D eigenvalue weighted by molar-refractivity contribution is -0.213. The van der Waals surface area contributed by atoms with Gasteiger partial charge in [-0.3, -0.25) is 0 Å². The zero-order chi connectivity index (χ0) is 16.6. The van der Waals surface area contributed by atoms with Gasteiger partial charge >= 0.3 is 11.9 Å². The molecule has 23 heavy (non-hydrogen) atoms. The Labute approximate surface area is 141 Å². The van der Waals surface area contributed by atoms with E-state index in [0.717, 1.165) is 25.7 Å². The van der Waals surface area contributed by atoms with Gasteiger partial charge in [0.2, 0.25) is 0 Å². The Morgan fingerprint density at radius 3 is 2.43 bits per heavy atom. The van der Waals surface area contributed by atoms with Crippen molar-refractivity contribution in [3.63, 3.8) is 0 Å². The maximum atomic E-state index is 12.0. The van der Waals surface area contributed by atoms with Crippen molar-refractivity contribution in [2.75, 3.05) is 20.3 Å². The summed E-state index contributed by atoms with van der Waals surface area (Å²) in [5, 5.41) is -0.0880. The first kappa shape index (κ1) is 16.8. The molecular formula is C17H23ClO5. The van der Waals surface area contributed by atoms with Gasteiger partial charge in [0.05, 0.1) is 13.7 Å². The Morgan fingerprint density at radius 1 is 1.22 bits per heavy atom. The van der Waals surface area contributed by atoms with Crippen LogP contribution < -0.4 is 0 Å². The largest absolute Gasteiger partial charge is 0.467 e. The van der Waals surface area contributed by atoms with Crippen LogP contribution in [0, 0.1) is 23.7 Å². The van der Waals surface area contributed by atoms with E-state index in [2.05, 4.69) is 11.3 Å². The quantitative estimate of drug-likeness (QED) is 0.548. The molecule has 0 amide bonds. The summed E-state index contributed by atoms with van der Waals surface area (Å²) in [6.45, 7) is 3.81. The number of hydrogen-bond acceptors (Lipinski definition) is 5. The molecule has 4 aliphatic carbocycles. The summed E-state index contributed by atoms with van der Waals surface area (Å²) in [5.74, 6) is 0.886. The summed E-state index contributed by atoms with van der Waals surface area (Å²) in [6, 6.07) is 0. The molecule has 0 heterocycles. The van der Waals surface area contributed by atoms with E-state index >= 15 is 0 Å². The Kier molecular flexibility index (Phi) is 4.70. The fourth-order valence-corrected chi connectivity index (χ4v) is 5.12. The first-order valence-electron chi connectivity index (χ1n) is 8.16. The normalized spacial score (nSPS) is 37.5. The second-order valence-electron chi connectivity index (χ2n) is 7.16. The van der Waals surface area contributed by atoms with Crippen molar-refractivity contribution >= 4 is 23.5 Å². The SMILES string of the molecule is C=C(Cl)C(=O)OC12CC3CC(CC(C3)C1COCC(=O)OC)C2. The van der Waals surface area contributed by atoms with Crippen molar-refractivity contribution in [3.05, 3.63) is 11.6 Å². The number of rotatable bonds is 6. The van der Waals surface area contributed by atoms with E-state index in [9.17, 15) is 9.59 Å².